The molecule has 1 N–H and O–H groups in total. The van der Waals surface area contributed by atoms with Crippen LogP contribution in [-0.4, -0.2) is 70.0 Å². The monoisotopic (exact) mass is 431 g/mol. The summed E-state index contributed by atoms with van der Waals surface area (Å²) in [5.41, 5.74) is 4.08. The van der Waals surface area contributed by atoms with E-state index in [4.69, 9.17) is 23.7 Å². The molecule has 31 heavy (non-hydrogen) atoms. The van der Waals surface area contributed by atoms with Crippen molar-refractivity contribution in [2.75, 3.05) is 58.8 Å². The van der Waals surface area contributed by atoms with Crippen LogP contribution in [0.5, 0.6) is 5.75 Å². The highest BCUT2D eigenvalue weighted by Gasteiger charge is 2.16. The maximum absolute atomic E-state index is 12.2. The summed E-state index contributed by atoms with van der Waals surface area (Å²) in [7, 11) is 1.63. The third-order valence-corrected chi connectivity index (χ3v) is 3.83. The first-order valence-electron chi connectivity index (χ1n) is 10.0. The molecule has 0 bridgehead atoms. The highest BCUT2D eigenvalue weighted by Crippen LogP contribution is 2.16. The zero-order valence-electron chi connectivity index (χ0n) is 17.9. The molecule has 0 amide bonds. The Morgan fingerprint density at radius 3 is 2.32 bits per heavy atom. The second-order valence-corrected chi connectivity index (χ2v) is 6.10. The van der Waals surface area contributed by atoms with Gasteiger partial charge in [-0.05, 0) is 43.3 Å². The summed E-state index contributed by atoms with van der Waals surface area (Å²) >= 11 is 0. The summed E-state index contributed by atoms with van der Waals surface area (Å²) < 4.78 is 26.3. The van der Waals surface area contributed by atoms with E-state index in [0.717, 1.165) is 0 Å². The molecular formula is C22H29N3O6. The van der Waals surface area contributed by atoms with Gasteiger partial charge in [0.15, 0.2) is 5.71 Å². The zero-order valence-corrected chi connectivity index (χ0v) is 17.9. The number of hydrogen-bond donors (Lipinski definition) is 1. The van der Waals surface area contributed by atoms with Crippen molar-refractivity contribution < 1.29 is 28.5 Å². The first-order valence-corrected chi connectivity index (χ1v) is 10.0. The number of pyridine rings is 1. The normalized spacial score (nSPS) is 11.2. The van der Waals surface area contributed by atoms with Crippen molar-refractivity contribution in [1.29, 1.82) is 0 Å². The SMILES string of the molecule is CCOC(=O)/C(=N/Nc1ccc(OCCOCCOCCOC)cc1)c1ccccn1. The molecule has 2 aromatic rings. The average Bonchev–Trinajstić information content (AvgIpc) is 2.80. The van der Waals surface area contributed by atoms with Crippen LogP contribution in [0.2, 0.25) is 0 Å². The Morgan fingerprint density at radius 2 is 1.68 bits per heavy atom. The molecular weight excluding hydrogens is 402 g/mol. The van der Waals surface area contributed by atoms with Crippen molar-refractivity contribution in [3.63, 3.8) is 0 Å². The first-order chi connectivity index (χ1) is 15.2. The highest BCUT2D eigenvalue weighted by molar-refractivity contribution is 6.42. The molecule has 2 rings (SSSR count). The van der Waals surface area contributed by atoms with E-state index in [-0.39, 0.29) is 12.3 Å². The van der Waals surface area contributed by atoms with Crippen molar-refractivity contribution in [3.05, 3.63) is 54.4 Å². The van der Waals surface area contributed by atoms with Gasteiger partial charge in [0.2, 0.25) is 0 Å². The number of nitrogens with one attached hydrogen (secondary N) is 1. The molecule has 0 saturated carbocycles. The van der Waals surface area contributed by atoms with Gasteiger partial charge in [0.1, 0.15) is 12.4 Å². The molecule has 0 fully saturated rings. The van der Waals surface area contributed by atoms with Gasteiger partial charge in [-0.3, -0.25) is 10.4 Å². The Hall–Kier alpha value is -3.01. The minimum atomic E-state index is -0.544. The van der Waals surface area contributed by atoms with Crippen LogP contribution in [-0.2, 0) is 23.7 Å². The van der Waals surface area contributed by atoms with Crippen LogP contribution in [0.25, 0.3) is 0 Å². The van der Waals surface area contributed by atoms with Crippen LogP contribution in [0.15, 0.2) is 53.8 Å². The van der Waals surface area contributed by atoms with Gasteiger partial charge in [-0.25, -0.2) is 4.79 Å². The molecule has 0 radical (unpaired) electrons. The van der Waals surface area contributed by atoms with Crippen LogP contribution < -0.4 is 10.2 Å². The van der Waals surface area contributed by atoms with Crippen molar-refractivity contribution in [1.82, 2.24) is 4.98 Å². The van der Waals surface area contributed by atoms with Gasteiger partial charge in [-0.2, -0.15) is 5.10 Å². The topological polar surface area (TPSA) is 101 Å². The fourth-order valence-electron chi connectivity index (χ4n) is 2.34. The van der Waals surface area contributed by atoms with Crippen molar-refractivity contribution in [2.24, 2.45) is 5.10 Å². The van der Waals surface area contributed by atoms with Crippen molar-refractivity contribution in [3.8, 4) is 5.75 Å². The van der Waals surface area contributed by atoms with E-state index in [2.05, 4.69) is 15.5 Å². The Balaban J connectivity index is 1.78. The quantitative estimate of drug-likeness (QED) is 0.199. The number of carbonyl (C=O) groups excluding carboxylic acids is 1. The number of aromatic nitrogens is 1. The van der Waals surface area contributed by atoms with Crippen LogP contribution in [0.3, 0.4) is 0 Å². The third-order valence-electron chi connectivity index (χ3n) is 3.83. The molecule has 168 valence electrons. The number of anilines is 1. The molecule has 9 nitrogen and oxygen atoms in total. The Morgan fingerprint density at radius 1 is 0.968 bits per heavy atom. The number of rotatable bonds is 15. The Bertz CT molecular complexity index is 784. The summed E-state index contributed by atoms with van der Waals surface area (Å²) in [5.74, 6) is 0.155. The van der Waals surface area contributed by atoms with Crippen LogP contribution >= 0.6 is 0 Å². The van der Waals surface area contributed by atoms with Gasteiger partial charge < -0.3 is 23.7 Å². The van der Waals surface area contributed by atoms with Gasteiger partial charge in [-0.1, -0.05) is 6.07 Å². The van der Waals surface area contributed by atoms with Crippen molar-refractivity contribution >= 4 is 17.4 Å². The van der Waals surface area contributed by atoms with Gasteiger partial charge in [0.05, 0.1) is 51.0 Å². The standard InChI is InChI=1S/C22H29N3O6/c1-3-30-22(26)21(20-6-4-5-11-23-20)25-24-18-7-9-19(10-8-18)31-17-16-29-15-14-28-13-12-27-2/h4-11,24H,3,12-17H2,1-2H3/b25-21+. The van der Waals surface area contributed by atoms with Crippen molar-refractivity contribution in [2.45, 2.75) is 6.92 Å². The van der Waals surface area contributed by atoms with Gasteiger partial charge in [0, 0.05) is 13.3 Å². The van der Waals surface area contributed by atoms with E-state index in [1.165, 1.54) is 0 Å². The minimum Gasteiger partial charge on any atom is -0.491 e. The summed E-state index contributed by atoms with van der Waals surface area (Å²) in [4.78, 5) is 16.4. The lowest BCUT2D eigenvalue weighted by molar-refractivity contribution is -0.134. The smallest absolute Gasteiger partial charge is 0.361 e. The lowest BCUT2D eigenvalue weighted by Crippen LogP contribution is -2.21. The second kappa shape index (κ2) is 14.9. The lowest BCUT2D eigenvalue weighted by atomic mass is 10.2. The van der Waals surface area contributed by atoms with Gasteiger partial charge >= 0.3 is 5.97 Å². The number of ether oxygens (including phenoxy) is 5. The summed E-state index contributed by atoms with van der Waals surface area (Å²) in [6, 6.07) is 12.4. The number of nitrogens with zero attached hydrogens (tertiary/aromatic N) is 2. The largest absolute Gasteiger partial charge is 0.491 e. The predicted molar refractivity (Wildman–Crippen MR) is 116 cm³/mol. The molecule has 1 aromatic carbocycles. The molecule has 0 spiro atoms. The fraction of sp³-hybridized carbons (Fsp3) is 0.409. The Labute approximate surface area is 182 Å². The third kappa shape index (κ3) is 9.56. The molecule has 1 heterocycles. The second-order valence-electron chi connectivity index (χ2n) is 6.10. The number of esters is 1. The average molecular weight is 431 g/mol. The van der Waals surface area contributed by atoms with Crippen LogP contribution in [0, 0.1) is 0 Å². The first kappa shape index (κ1) is 24.3. The predicted octanol–water partition coefficient (Wildman–Crippen LogP) is 2.52. The van der Waals surface area contributed by atoms with Crippen LogP contribution in [0.4, 0.5) is 5.69 Å². The molecule has 0 atom stereocenters. The number of methoxy groups -OCH3 is 1. The van der Waals surface area contributed by atoms with Crippen LogP contribution in [0.1, 0.15) is 12.6 Å². The van der Waals surface area contributed by atoms with Gasteiger partial charge in [0.25, 0.3) is 0 Å². The number of carbonyl (C=O) groups is 1. The maximum atomic E-state index is 12.2. The summed E-state index contributed by atoms with van der Waals surface area (Å²) in [6.45, 7) is 5.05. The van der Waals surface area contributed by atoms with E-state index in [1.54, 1.807) is 62.7 Å². The zero-order chi connectivity index (χ0) is 22.2. The van der Waals surface area contributed by atoms with Gasteiger partial charge in [-0.15, -0.1) is 0 Å². The van der Waals surface area contributed by atoms with E-state index < -0.39 is 5.97 Å². The number of hydrazone groups is 1. The number of benzene rings is 1. The van der Waals surface area contributed by atoms with E-state index in [0.29, 0.717) is 56.8 Å². The van der Waals surface area contributed by atoms with E-state index in [9.17, 15) is 4.79 Å². The molecule has 1 aromatic heterocycles. The Kier molecular flexibility index (Phi) is 11.7. The van der Waals surface area contributed by atoms with E-state index >= 15 is 0 Å². The van der Waals surface area contributed by atoms with E-state index in [1.807, 2.05) is 0 Å². The number of hydrogen-bond acceptors (Lipinski definition) is 9. The lowest BCUT2D eigenvalue weighted by Gasteiger charge is -2.09. The summed E-state index contributed by atoms with van der Waals surface area (Å²) in [6.07, 6.45) is 1.59. The molecule has 0 saturated heterocycles. The molecule has 0 aliphatic carbocycles. The molecule has 9 heteroatoms. The maximum Gasteiger partial charge on any atom is 0.361 e. The minimum absolute atomic E-state index is 0.103. The molecule has 0 aliphatic heterocycles. The summed E-state index contributed by atoms with van der Waals surface area (Å²) in [5, 5.41) is 4.18. The highest BCUT2D eigenvalue weighted by atomic mass is 16.6. The molecule has 0 aliphatic rings. The molecule has 0 unspecified atom stereocenters. The fourth-order valence-corrected chi connectivity index (χ4v) is 2.34.